The third-order valence-corrected chi connectivity index (χ3v) is 12.6. The first-order valence-corrected chi connectivity index (χ1v) is 25.1. The van der Waals surface area contributed by atoms with Gasteiger partial charge in [0.2, 0.25) is 0 Å². The smallest absolute Gasteiger partial charge is 0.305 e. The Morgan fingerprint density at radius 2 is 0.875 bits per heavy atom. The van der Waals surface area contributed by atoms with Crippen LogP contribution >= 0.6 is 0 Å². The molecule has 1 rings (SSSR count). The highest BCUT2D eigenvalue weighted by Gasteiger charge is 2.16. The summed E-state index contributed by atoms with van der Waals surface area (Å²) in [6.07, 6.45) is 41.8. The second kappa shape index (κ2) is 40.6. The first kappa shape index (κ1) is 52.9. The summed E-state index contributed by atoms with van der Waals surface area (Å²) in [5.41, 5.74) is 0. The van der Waals surface area contributed by atoms with E-state index in [1.807, 2.05) is 0 Å². The van der Waals surface area contributed by atoms with E-state index in [1.165, 1.54) is 173 Å². The van der Waals surface area contributed by atoms with Gasteiger partial charge in [-0.2, -0.15) is 0 Å². The maximum absolute atomic E-state index is 12.4. The van der Waals surface area contributed by atoms with Gasteiger partial charge >= 0.3 is 11.9 Å². The van der Waals surface area contributed by atoms with Crippen molar-refractivity contribution < 1.29 is 23.8 Å². The third-order valence-electron chi connectivity index (χ3n) is 12.6. The topological polar surface area (TPSA) is 73.9 Å². The van der Waals surface area contributed by atoms with Crippen LogP contribution in [0.1, 0.15) is 252 Å². The maximum Gasteiger partial charge on any atom is 0.305 e. The Morgan fingerprint density at radius 1 is 0.500 bits per heavy atom. The number of carbonyl (C=O) groups excluding carboxylic acids is 2. The summed E-state index contributed by atoms with van der Waals surface area (Å²) in [6, 6.07) is 0.598. The summed E-state index contributed by atoms with van der Waals surface area (Å²) >= 11 is 0. The molecule has 0 spiro atoms. The summed E-state index contributed by atoms with van der Waals surface area (Å²) < 4.78 is 16.9. The molecule has 1 heterocycles. The molecule has 6 heteroatoms. The van der Waals surface area contributed by atoms with Gasteiger partial charge in [-0.15, -0.1) is 0 Å². The molecule has 6 nitrogen and oxygen atoms in total. The lowest BCUT2D eigenvalue weighted by Gasteiger charge is -2.24. The van der Waals surface area contributed by atoms with Crippen LogP contribution in [-0.4, -0.2) is 51.0 Å². The van der Waals surface area contributed by atoms with E-state index in [0.29, 0.717) is 32.1 Å². The van der Waals surface area contributed by atoms with E-state index in [2.05, 4.69) is 33.0 Å². The highest BCUT2D eigenvalue weighted by molar-refractivity contribution is 5.69. The van der Waals surface area contributed by atoms with Crippen molar-refractivity contribution in [3.05, 3.63) is 0 Å². The molecule has 1 aliphatic rings. The summed E-state index contributed by atoms with van der Waals surface area (Å²) in [5.74, 6) is 2.27. The van der Waals surface area contributed by atoms with Crippen molar-refractivity contribution in [2.45, 2.75) is 258 Å². The molecule has 0 aromatic rings. The molecule has 332 valence electrons. The Hall–Kier alpha value is -1.14. The lowest BCUT2D eigenvalue weighted by atomic mass is 9.92. The summed E-state index contributed by atoms with van der Waals surface area (Å²) in [6.45, 7) is 13.3. The van der Waals surface area contributed by atoms with E-state index in [-0.39, 0.29) is 11.9 Å². The van der Waals surface area contributed by atoms with Crippen molar-refractivity contribution in [1.82, 2.24) is 5.32 Å². The first-order valence-electron chi connectivity index (χ1n) is 25.1. The number of ether oxygens (including phenoxy) is 3. The fraction of sp³-hybridized carbons (Fsp3) is 0.960. The average Bonchev–Trinajstić information content (AvgIpc) is 3.20. The zero-order chi connectivity index (χ0) is 40.6. The molecule has 1 saturated heterocycles. The van der Waals surface area contributed by atoms with E-state index in [9.17, 15) is 9.59 Å². The van der Waals surface area contributed by atoms with Crippen molar-refractivity contribution in [2.75, 3.05) is 33.0 Å². The summed E-state index contributed by atoms with van der Waals surface area (Å²) in [7, 11) is 0. The molecule has 0 unspecified atom stereocenters. The van der Waals surface area contributed by atoms with Crippen molar-refractivity contribution >= 4 is 11.9 Å². The molecule has 0 amide bonds. The SMILES string of the molecule is CCCCCC(CCCCC)CCOC(=O)CCCCCCCC(CCCCCCCC(=O)OCCC(CCCCC)CCCCC)NCCC1CCOCC1. The van der Waals surface area contributed by atoms with Crippen LogP contribution < -0.4 is 5.32 Å². The highest BCUT2D eigenvalue weighted by Crippen LogP contribution is 2.23. The van der Waals surface area contributed by atoms with E-state index in [0.717, 1.165) is 76.0 Å². The fourth-order valence-electron chi connectivity index (χ4n) is 8.68. The third kappa shape index (κ3) is 33.8. The monoisotopic (exact) mass is 792 g/mol. The van der Waals surface area contributed by atoms with Gasteiger partial charge in [0.15, 0.2) is 0 Å². The second-order valence-corrected chi connectivity index (χ2v) is 17.8. The Balaban J connectivity index is 2.24. The van der Waals surface area contributed by atoms with E-state index in [1.54, 1.807) is 0 Å². The number of unbranched alkanes of at least 4 members (excludes halogenated alkanes) is 16. The van der Waals surface area contributed by atoms with Gasteiger partial charge in [-0.05, 0) is 82.1 Å². The van der Waals surface area contributed by atoms with Crippen molar-refractivity contribution in [3.63, 3.8) is 0 Å². The van der Waals surface area contributed by atoms with Gasteiger partial charge in [0, 0.05) is 32.1 Å². The summed E-state index contributed by atoms with van der Waals surface area (Å²) in [5, 5.41) is 3.95. The van der Waals surface area contributed by atoms with E-state index < -0.39 is 0 Å². The zero-order valence-corrected chi connectivity index (χ0v) is 38.1. The molecule has 0 aromatic heterocycles. The van der Waals surface area contributed by atoms with E-state index >= 15 is 0 Å². The Morgan fingerprint density at radius 3 is 1.29 bits per heavy atom. The second-order valence-electron chi connectivity index (χ2n) is 17.8. The minimum absolute atomic E-state index is 0.00859. The molecule has 1 aliphatic heterocycles. The Bertz CT molecular complexity index is 769. The number of hydrogen-bond acceptors (Lipinski definition) is 6. The molecule has 0 aromatic carbocycles. The Labute approximate surface area is 349 Å². The van der Waals surface area contributed by atoms with Gasteiger partial charge in [-0.1, -0.05) is 182 Å². The number of nitrogens with one attached hydrogen (secondary N) is 1. The number of hydrogen-bond donors (Lipinski definition) is 1. The Kier molecular flexibility index (Phi) is 38.4. The molecule has 1 fully saturated rings. The van der Waals surface area contributed by atoms with Crippen LogP contribution in [0.5, 0.6) is 0 Å². The quantitative estimate of drug-likeness (QED) is 0.0490. The number of esters is 2. The molecule has 0 saturated carbocycles. The van der Waals surface area contributed by atoms with Gasteiger partial charge < -0.3 is 19.5 Å². The molecule has 56 heavy (non-hydrogen) atoms. The molecule has 0 bridgehead atoms. The normalized spacial score (nSPS) is 13.7. The standard InChI is InChI=1S/C50H97NO5/c1-5-9-19-27-45(28-20-10-6-2)38-43-55-49(52)33-25-17-13-15-23-31-48(51-40-35-47-36-41-54-42-37-47)32-24-16-14-18-26-34-50(53)56-44-39-46(29-21-11-7-3)30-22-12-8-4/h45-48,51H,5-44H2,1-4H3. The molecule has 0 aliphatic carbocycles. The molecular weight excluding hydrogens is 695 g/mol. The maximum atomic E-state index is 12.4. The van der Waals surface area contributed by atoms with Crippen molar-refractivity contribution in [2.24, 2.45) is 17.8 Å². The van der Waals surface area contributed by atoms with Crippen LogP contribution in [0.25, 0.3) is 0 Å². The van der Waals surface area contributed by atoms with Crippen molar-refractivity contribution in [3.8, 4) is 0 Å². The van der Waals surface area contributed by atoms with Gasteiger partial charge in [0.05, 0.1) is 13.2 Å². The van der Waals surface area contributed by atoms with Crippen LogP contribution in [0.15, 0.2) is 0 Å². The minimum Gasteiger partial charge on any atom is -0.466 e. The van der Waals surface area contributed by atoms with Crippen LogP contribution in [0.4, 0.5) is 0 Å². The average molecular weight is 792 g/mol. The molecule has 0 atom stereocenters. The van der Waals surface area contributed by atoms with Gasteiger partial charge in [0.25, 0.3) is 0 Å². The number of carbonyl (C=O) groups is 2. The van der Waals surface area contributed by atoms with Crippen LogP contribution in [-0.2, 0) is 23.8 Å². The minimum atomic E-state index is 0.00859. The van der Waals surface area contributed by atoms with Gasteiger partial charge in [-0.25, -0.2) is 0 Å². The largest absolute Gasteiger partial charge is 0.466 e. The summed E-state index contributed by atoms with van der Waals surface area (Å²) in [4.78, 5) is 24.8. The lowest BCUT2D eigenvalue weighted by molar-refractivity contribution is -0.145. The predicted molar refractivity (Wildman–Crippen MR) is 239 cm³/mol. The first-order chi connectivity index (χ1) is 27.5. The molecule has 1 N–H and O–H groups in total. The van der Waals surface area contributed by atoms with Crippen LogP contribution in [0, 0.1) is 17.8 Å². The van der Waals surface area contributed by atoms with Crippen LogP contribution in [0.2, 0.25) is 0 Å². The predicted octanol–water partition coefficient (Wildman–Crippen LogP) is 14.6. The van der Waals surface area contributed by atoms with Crippen LogP contribution in [0.3, 0.4) is 0 Å². The van der Waals surface area contributed by atoms with Gasteiger partial charge in [-0.3, -0.25) is 9.59 Å². The number of rotatable bonds is 42. The van der Waals surface area contributed by atoms with E-state index in [4.69, 9.17) is 14.2 Å². The lowest BCUT2D eigenvalue weighted by Crippen LogP contribution is -2.31. The molecule has 0 radical (unpaired) electrons. The van der Waals surface area contributed by atoms with Crippen molar-refractivity contribution in [1.29, 1.82) is 0 Å². The highest BCUT2D eigenvalue weighted by atomic mass is 16.5. The molecular formula is C50H97NO5. The zero-order valence-electron chi connectivity index (χ0n) is 38.1. The van der Waals surface area contributed by atoms with Gasteiger partial charge in [0.1, 0.15) is 0 Å². The fourth-order valence-corrected chi connectivity index (χ4v) is 8.68.